The SMILES string of the molecule is C=C(C)[C@@H]1CC2C3[C@H](O)[C@@H](C)[C@](C)(C1)[C@]23C. The summed E-state index contributed by atoms with van der Waals surface area (Å²) in [6.45, 7) is 13.4. The first-order chi connectivity index (χ1) is 7.34. The topological polar surface area (TPSA) is 20.2 Å². The van der Waals surface area contributed by atoms with Gasteiger partial charge in [-0.15, -0.1) is 0 Å². The Kier molecular flexibility index (Phi) is 1.86. The second-order valence-corrected chi connectivity index (χ2v) is 7.09. The van der Waals surface area contributed by atoms with Crippen molar-refractivity contribution in [2.45, 2.75) is 46.6 Å². The molecule has 7 atom stereocenters. The minimum absolute atomic E-state index is 0.0499. The molecular formula is C15H24O. The van der Waals surface area contributed by atoms with E-state index in [1.54, 1.807) is 0 Å². The van der Waals surface area contributed by atoms with Crippen molar-refractivity contribution < 1.29 is 5.11 Å². The molecule has 0 radical (unpaired) electrons. The molecule has 0 heterocycles. The lowest BCUT2D eigenvalue weighted by Gasteiger charge is -2.46. The van der Waals surface area contributed by atoms with Gasteiger partial charge in [0.05, 0.1) is 6.10 Å². The third-order valence-corrected chi connectivity index (χ3v) is 6.81. The van der Waals surface area contributed by atoms with Crippen molar-refractivity contribution in [3.8, 4) is 0 Å². The lowest BCUT2D eigenvalue weighted by Crippen LogP contribution is -2.41. The highest BCUT2D eigenvalue weighted by molar-refractivity contribution is 5.29. The molecule has 3 rings (SSSR count). The second-order valence-electron chi connectivity index (χ2n) is 7.09. The van der Waals surface area contributed by atoms with Gasteiger partial charge in [0, 0.05) is 0 Å². The molecule has 2 unspecified atom stereocenters. The van der Waals surface area contributed by atoms with Crippen molar-refractivity contribution in [2.24, 2.45) is 34.5 Å². The Morgan fingerprint density at radius 1 is 1.38 bits per heavy atom. The van der Waals surface area contributed by atoms with Crippen molar-refractivity contribution in [3.63, 3.8) is 0 Å². The first kappa shape index (κ1) is 10.8. The molecule has 1 nitrogen and oxygen atoms in total. The summed E-state index contributed by atoms with van der Waals surface area (Å²) in [6, 6.07) is 0. The summed E-state index contributed by atoms with van der Waals surface area (Å²) < 4.78 is 0. The van der Waals surface area contributed by atoms with Gasteiger partial charge in [0.1, 0.15) is 0 Å². The maximum absolute atomic E-state index is 10.3. The van der Waals surface area contributed by atoms with Gasteiger partial charge in [-0.2, -0.15) is 0 Å². The molecule has 90 valence electrons. The van der Waals surface area contributed by atoms with Gasteiger partial charge in [-0.3, -0.25) is 0 Å². The molecule has 3 fully saturated rings. The maximum atomic E-state index is 10.3. The fraction of sp³-hybridized carbons (Fsp3) is 0.867. The third kappa shape index (κ3) is 0.895. The zero-order valence-corrected chi connectivity index (χ0v) is 11.0. The summed E-state index contributed by atoms with van der Waals surface area (Å²) in [7, 11) is 0. The molecule has 3 saturated carbocycles. The van der Waals surface area contributed by atoms with E-state index in [4.69, 9.17) is 0 Å². The van der Waals surface area contributed by atoms with Crippen LogP contribution in [0.4, 0.5) is 0 Å². The Hall–Kier alpha value is -0.300. The monoisotopic (exact) mass is 220 g/mol. The van der Waals surface area contributed by atoms with Crippen LogP contribution in [-0.2, 0) is 0 Å². The van der Waals surface area contributed by atoms with Gasteiger partial charge in [0.25, 0.3) is 0 Å². The Morgan fingerprint density at radius 3 is 2.56 bits per heavy atom. The fourth-order valence-corrected chi connectivity index (χ4v) is 5.29. The molecule has 0 amide bonds. The molecule has 0 aromatic rings. The minimum Gasteiger partial charge on any atom is -0.393 e. The predicted octanol–water partition coefficient (Wildman–Crippen LogP) is 3.24. The molecule has 0 aromatic heterocycles. The Bertz CT molecular complexity index is 360. The normalized spacial score (nSPS) is 62.9. The van der Waals surface area contributed by atoms with Crippen LogP contribution in [0.5, 0.6) is 0 Å². The summed E-state index contributed by atoms with van der Waals surface area (Å²) in [6.07, 6.45) is 2.46. The van der Waals surface area contributed by atoms with E-state index in [0.717, 1.165) is 5.92 Å². The molecule has 0 spiro atoms. The van der Waals surface area contributed by atoms with Gasteiger partial charge in [0.15, 0.2) is 0 Å². The first-order valence-corrected chi connectivity index (χ1v) is 6.67. The van der Waals surface area contributed by atoms with Gasteiger partial charge >= 0.3 is 0 Å². The van der Waals surface area contributed by atoms with E-state index in [9.17, 15) is 5.11 Å². The molecule has 1 N–H and O–H groups in total. The highest BCUT2D eigenvalue weighted by Crippen LogP contribution is 2.82. The number of aliphatic hydroxyl groups excluding tert-OH is 1. The van der Waals surface area contributed by atoms with E-state index in [2.05, 4.69) is 34.3 Å². The molecule has 0 bridgehead atoms. The maximum Gasteiger partial charge on any atom is 0.0607 e. The van der Waals surface area contributed by atoms with E-state index in [0.29, 0.717) is 28.6 Å². The Balaban J connectivity index is 1.98. The van der Waals surface area contributed by atoms with Crippen LogP contribution in [0.1, 0.15) is 40.5 Å². The second kappa shape index (κ2) is 2.75. The van der Waals surface area contributed by atoms with Crippen molar-refractivity contribution in [2.75, 3.05) is 0 Å². The summed E-state index contributed by atoms with van der Waals surface area (Å²) in [5.41, 5.74) is 2.11. The number of hydrogen-bond acceptors (Lipinski definition) is 1. The minimum atomic E-state index is -0.0499. The Labute approximate surface area is 98.9 Å². The van der Waals surface area contributed by atoms with Gasteiger partial charge in [-0.05, 0) is 54.3 Å². The first-order valence-electron chi connectivity index (χ1n) is 6.67. The van der Waals surface area contributed by atoms with Gasteiger partial charge < -0.3 is 5.11 Å². The summed E-state index contributed by atoms with van der Waals surface area (Å²) in [5, 5.41) is 10.3. The number of allylic oxidation sites excluding steroid dienone is 1. The lowest BCUT2D eigenvalue weighted by atomic mass is 9.58. The quantitative estimate of drug-likeness (QED) is 0.673. The number of rotatable bonds is 1. The molecule has 16 heavy (non-hydrogen) atoms. The van der Waals surface area contributed by atoms with Crippen molar-refractivity contribution in [3.05, 3.63) is 12.2 Å². The largest absolute Gasteiger partial charge is 0.393 e. The molecule has 3 aliphatic rings. The van der Waals surface area contributed by atoms with Crippen LogP contribution < -0.4 is 0 Å². The highest BCUT2D eigenvalue weighted by atomic mass is 16.3. The number of hydrogen-bond donors (Lipinski definition) is 1. The summed E-state index contributed by atoms with van der Waals surface area (Å²) >= 11 is 0. The van der Waals surface area contributed by atoms with Gasteiger partial charge in [0.2, 0.25) is 0 Å². The smallest absolute Gasteiger partial charge is 0.0607 e. The number of aliphatic hydroxyl groups is 1. The van der Waals surface area contributed by atoms with Crippen LogP contribution in [0.3, 0.4) is 0 Å². The Morgan fingerprint density at radius 2 is 2.00 bits per heavy atom. The summed E-state index contributed by atoms with van der Waals surface area (Å²) in [4.78, 5) is 0. The molecular weight excluding hydrogens is 196 g/mol. The molecule has 3 aliphatic carbocycles. The zero-order valence-electron chi connectivity index (χ0n) is 11.0. The average Bonchev–Trinajstić information content (AvgIpc) is 2.78. The van der Waals surface area contributed by atoms with Crippen LogP contribution in [0, 0.1) is 34.5 Å². The van der Waals surface area contributed by atoms with E-state index in [-0.39, 0.29) is 6.10 Å². The van der Waals surface area contributed by atoms with E-state index in [1.807, 2.05) is 0 Å². The summed E-state index contributed by atoms with van der Waals surface area (Å²) in [5.74, 6) is 2.50. The predicted molar refractivity (Wildman–Crippen MR) is 65.9 cm³/mol. The van der Waals surface area contributed by atoms with Crippen LogP contribution in [0.2, 0.25) is 0 Å². The third-order valence-electron chi connectivity index (χ3n) is 6.81. The standard InChI is InChI=1S/C15H24O/c1-8(2)10-6-11-12-13(16)9(3)14(4,7-10)15(11,12)5/h9-13,16H,1,6-7H2,2-5H3/t9-,10-,11?,12?,13-,14+,15-/m1/s1. The zero-order chi connectivity index (χ0) is 11.9. The van der Waals surface area contributed by atoms with Crippen molar-refractivity contribution in [1.82, 2.24) is 0 Å². The fourth-order valence-electron chi connectivity index (χ4n) is 5.29. The number of fused-ring (bicyclic) bond motifs is 1. The molecule has 0 saturated heterocycles. The molecule has 0 aliphatic heterocycles. The van der Waals surface area contributed by atoms with Crippen LogP contribution in [0.15, 0.2) is 12.2 Å². The van der Waals surface area contributed by atoms with Crippen LogP contribution >= 0.6 is 0 Å². The van der Waals surface area contributed by atoms with E-state index >= 15 is 0 Å². The van der Waals surface area contributed by atoms with E-state index in [1.165, 1.54) is 18.4 Å². The lowest BCUT2D eigenvalue weighted by molar-refractivity contribution is -0.00492. The van der Waals surface area contributed by atoms with Crippen molar-refractivity contribution in [1.29, 1.82) is 0 Å². The van der Waals surface area contributed by atoms with E-state index < -0.39 is 0 Å². The highest BCUT2D eigenvalue weighted by Gasteiger charge is 2.80. The average molecular weight is 220 g/mol. The van der Waals surface area contributed by atoms with Crippen molar-refractivity contribution >= 4 is 0 Å². The van der Waals surface area contributed by atoms with Crippen LogP contribution in [-0.4, -0.2) is 11.2 Å². The van der Waals surface area contributed by atoms with Gasteiger partial charge in [-0.1, -0.05) is 32.9 Å². The van der Waals surface area contributed by atoms with Crippen LogP contribution in [0.25, 0.3) is 0 Å². The van der Waals surface area contributed by atoms with Gasteiger partial charge in [-0.25, -0.2) is 0 Å². The molecule has 1 heteroatoms. The molecule has 0 aromatic carbocycles.